The molecule has 0 bridgehead atoms. The Hall–Kier alpha value is -1.94. The van der Waals surface area contributed by atoms with Crippen LogP contribution in [0.5, 0.6) is 11.6 Å². The van der Waals surface area contributed by atoms with E-state index in [4.69, 9.17) is 10.5 Å². The predicted octanol–water partition coefficient (Wildman–Crippen LogP) is 4.08. The summed E-state index contributed by atoms with van der Waals surface area (Å²) in [4.78, 5) is 4.02. The molecule has 3 nitrogen and oxygen atoms in total. The number of benzene rings is 1. The van der Waals surface area contributed by atoms with Gasteiger partial charge >= 0.3 is 0 Å². The van der Waals surface area contributed by atoms with Crippen molar-refractivity contribution in [2.24, 2.45) is 5.73 Å². The Kier molecular flexibility index (Phi) is 4.28. The molecule has 0 unspecified atom stereocenters. The number of hydrogen-bond donors (Lipinski definition) is 1. The zero-order valence-corrected chi connectivity index (χ0v) is 12.9. The van der Waals surface area contributed by atoms with Gasteiger partial charge in [-0.1, -0.05) is 32.9 Å². The van der Waals surface area contributed by atoms with Crippen LogP contribution in [0.2, 0.25) is 0 Å². The topological polar surface area (TPSA) is 48.1 Å². The standard InChI is InChI=1S/C17H21FN2O/c1-11-5-6-14(17(2,3)4)15(7-11)21-16-12(9-19)8-13(18)10-20-16/h5-8,10H,9,19H2,1-4H3. The van der Waals surface area contributed by atoms with E-state index in [1.807, 2.05) is 13.0 Å². The average Bonchev–Trinajstić information content (AvgIpc) is 2.39. The van der Waals surface area contributed by atoms with Gasteiger partial charge in [0, 0.05) is 17.7 Å². The van der Waals surface area contributed by atoms with E-state index in [1.54, 1.807) is 0 Å². The molecule has 0 saturated heterocycles. The number of halogens is 1. The van der Waals surface area contributed by atoms with E-state index in [9.17, 15) is 4.39 Å². The number of nitrogens with two attached hydrogens (primary N) is 1. The van der Waals surface area contributed by atoms with E-state index >= 15 is 0 Å². The summed E-state index contributed by atoms with van der Waals surface area (Å²) in [5.41, 5.74) is 8.29. The molecule has 112 valence electrons. The van der Waals surface area contributed by atoms with Gasteiger partial charge in [0.15, 0.2) is 0 Å². The van der Waals surface area contributed by atoms with Crippen LogP contribution in [0.4, 0.5) is 4.39 Å². The van der Waals surface area contributed by atoms with Crippen LogP contribution in [0, 0.1) is 12.7 Å². The number of rotatable bonds is 3. The summed E-state index contributed by atoms with van der Waals surface area (Å²) in [6, 6.07) is 7.42. The summed E-state index contributed by atoms with van der Waals surface area (Å²) in [6.07, 6.45) is 1.14. The molecule has 2 aromatic rings. The summed E-state index contributed by atoms with van der Waals surface area (Å²) in [7, 11) is 0. The molecule has 0 fully saturated rings. The number of aryl methyl sites for hydroxylation is 1. The van der Waals surface area contributed by atoms with Gasteiger partial charge in [0.05, 0.1) is 6.20 Å². The Balaban J connectivity index is 2.46. The Morgan fingerprint density at radius 1 is 1.24 bits per heavy atom. The van der Waals surface area contributed by atoms with Crippen molar-refractivity contribution in [3.05, 3.63) is 53.0 Å². The third-order valence-corrected chi connectivity index (χ3v) is 3.26. The second-order valence-corrected chi connectivity index (χ2v) is 6.17. The molecule has 0 aliphatic rings. The maximum absolute atomic E-state index is 13.2. The molecule has 0 radical (unpaired) electrons. The Labute approximate surface area is 125 Å². The molecule has 2 rings (SSSR count). The molecule has 0 atom stereocenters. The molecule has 1 heterocycles. The van der Waals surface area contributed by atoms with Gasteiger partial charge in [-0.3, -0.25) is 0 Å². The minimum absolute atomic E-state index is 0.0635. The van der Waals surface area contributed by atoms with Crippen molar-refractivity contribution in [3.63, 3.8) is 0 Å². The first-order valence-electron chi connectivity index (χ1n) is 6.94. The highest BCUT2D eigenvalue weighted by molar-refractivity contribution is 5.44. The third kappa shape index (κ3) is 3.58. The van der Waals surface area contributed by atoms with Gasteiger partial charge in [-0.15, -0.1) is 0 Å². The van der Waals surface area contributed by atoms with Crippen molar-refractivity contribution in [1.82, 2.24) is 4.98 Å². The van der Waals surface area contributed by atoms with Crippen molar-refractivity contribution in [3.8, 4) is 11.6 Å². The zero-order valence-electron chi connectivity index (χ0n) is 12.9. The summed E-state index contributed by atoms with van der Waals surface area (Å²) < 4.78 is 19.2. The van der Waals surface area contributed by atoms with Crippen LogP contribution in [0.15, 0.2) is 30.5 Å². The minimum Gasteiger partial charge on any atom is -0.438 e. The van der Waals surface area contributed by atoms with Gasteiger partial charge in [0.25, 0.3) is 0 Å². The van der Waals surface area contributed by atoms with E-state index in [1.165, 1.54) is 6.07 Å². The van der Waals surface area contributed by atoms with Gasteiger partial charge in [0.1, 0.15) is 11.6 Å². The van der Waals surface area contributed by atoms with Gasteiger partial charge < -0.3 is 10.5 Å². The normalized spacial score (nSPS) is 11.5. The number of pyridine rings is 1. The van der Waals surface area contributed by atoms with Gasteiger partial charge in [-0.25, -0.2) is 9.37 Å². The van der Waals surface area contributed by atoms with Crippen molar-refractivity contribution < 1.29 is 9.13 Å². The Bertz CT molecular complexity index is 648. The first kappa shape index (κ1) is 15.4. The average molecular weight is 288 g/mol. The van der Waals surface area contributed by atoms with Crippen molar-refractivity contribution >= 4 is 0 Å². The van der Waals surface area contributed by atoms with Crippen LogP contribution in [-0.4, -0.2) is 4.98 Å². The fraction of sp³-hybridized carbons (Fsp3) is 0.353. The van der Waals surface area contributed by atoms with Crippen LogP contribution in [0.1, 0.15) is 37.5 Å². The lowest BCUT2D eigenvalue weighted by molar-refractivity contribution is 0.431. The molecule has 4 heteroatoms. The van der Waals surface area contributed by atoms with E-state index in [2.05, 4.69) is 37.9 Å². The van der Waals surface area contributed by atoms with E-state index in [-0.39, 0.29) is 12.0 Å². The monoisotopic (exact) mass is 288 g/mol. The second-order valence-electron chi connectivity index (χ2n) is 6.17. The first-order chi connectivity index (χ1) is 9.81. The molecule has 1 aromatic heterocycles. The Morgan fingerprint density at radius 2 is 1.95 bits per heavy atom. The third-order valence-electron chi connectivity index (χ3n) is 3.26. The van der Waals surface area contributed by atoms with E-state index in [0.29, 0.717) is 11.4 Å². The molecule has 0 amide bonds. The van der Waals surface area contributed by atoms with Crippen LogP contribution in [0.3, 0.4) is 0 Å². The number of ether oxygens (including phenoxy) is 1. The van der Waals surface area contributed by atoms with Crippen molar-refractivity contribution in [2.45, 2.75) is 39.7 Å². The maximum Gasteiger partial charge on any atom is 0.223 e. The fourth-order valence-corrected chi connectivity index (χ4v) is 2.14. The molecule has 0 saturated carbocycles. The molecule has 0 aliphatic heterocycles. The summed E-state index contributed by atoms with van der Waals surface area (Å²) >= 11 is 0. The lowest BCUT2D eigenvalue weighted by Crippen LogP contribution is -2.13. The zero-order chi connectivity index (χ0) is 15.6. The summed E-state index contributed by atoms with van der Waals surface area (Å²) in [6.45, 7) is 8.53. The van der Waals surface area contributed by atoms with Crippen LogP contribution < -0.4 is 10.5 Å². The van der Waals surface area contributed by atoms with Crippen LogP contribution in [-0.2, 0) is 12.0 Å². The molecule has 2 N–H and O–H groups in total. The quantitative estimate of drug-likeness (QED) is 0.925. The SMILES string of the molecule is Cc1ccc(C(C)(C)C)c(Oc2ncc(F)cc2CN)c1. The number of hydrogen-bond acceptors (Lipinski definition) is 3. The van der Waals surface area contributed by atoms with Crippen LogP contribution >= 0.6 is 0 Å². The lowest BCUT2D eigenvalue weighted by Gasteiger charge is -2.23. The highest BCUT2D eigenvalue weighted by Crippen LogP contribution is 2.35. The minimum atomic E-state index is -0.414. The Morgan fingerprint density at radius 3 is 2.57 bits per heavy atom. The van der Waals surface area contributed by atoms with E-state index < -0.39 is 5.82 Å². The van der Waals surface area contributed by atoms with E-state index in [0.717, 1.165) is 23.1 Å². The van der Waals surface area contributed by atoms with Crippen molar-refractivity contribution in [1.29, 1.82) is 0 Å². The van der Waals surface area contributed by atoms with Gasteiger partial charge in [-0.05, 0) is 30.0 Å². The molecule has 1 aromatic carbocycles. The lowest BCUT2D eigenvalue weighted by atomic mass is 9.86. The predicted molar refractivity (Wildman–Crippen MR) is 82.0 cm³/mol. The largest absolute Gasteiger partial charge is 0.438 e. The molecule has 21 heavy (non-hydrogen) atoms. The molecule has 0 spiro atoms. The number of aromatic nitrogens is 1. The van der Waals surface area contributed by atoms with Crippen molar-refractivity contribution in [2.75, 3.05) is 0 Å². The summed E-state index contributed by atoms with van der Waals surface area (Å²) in [5.74, 6) is 0.675. The van der Waals surface area contributed by atoms with Crippen LogP contribution in [0.25, 0.3) is 0 Å². The number of nitrogens with zero attached hydrogens (tertiary/aromatic N) is 1. The fourth-order valence-electron chi connectivity index (χ4n) is 2.14. The summed E-state index contributed by atoms with van der Waals surface area (Å²) in [5, 5.41) is 0. The second kappa shape index (κ2) is 5.82. The molecular formula is C17H21FN2O. The highest BCUT2D eigenvalue weighted by atomic mass is 19.1. The maximum atomic E-state index is 13.2. The smallest absolute Gasteiger partial charge is 0.223 e. The highest BCUT2D eigenvalue weighted by Gasteiger charge is 2.20. The van der Waals surface area contributed by atoms with Gasteiger partial charge in [0.2, 0.25) is 5.88 Å². The molecule has 0 aliphatic carbocycles. The first-order valence-corrected chi connectivity index (χ1v) is 6.94. The van der Waals surface area contributed by atoms with Gasteiger partial charge in [-0.2, -0.15) is 0 Å². The molecular weight excluding hydrogens is 267 g/mol.